The van der Waals surface area contributed by atoms with Gasteiger partial charge in [-0.2, -0.15) is 5.26 Å². The van der Waals surface area contributed by atoms with Crippen LogP contribution in [0.4, 0.5) is 19.0 Å². The first-order valence-electron chi connectivity index (χ1n) is 11.5. The van der Waals surface area contributed by atoms with Crippen molar-refractivity contribution in [2.75, 3.05) is 38.3 Å². The minimum Gasteiger partial charge on any atom is -0.406 e. The second-order valence-corrected chi connectivity index (χ2v) is 8.88. The van der Waals surface area contributed by atoms with E-state index < -0.39 is 6.36 Å². The lowest BCUT2D eigenvalue weighted by molar-refractivity contribution is -0.274. The van der Waals surface area contributed by atoms with Crippen LogP contribution in [0.3, 0.4) is 0 Å². The van der Waals surface area contributed by atoms with Gasteiger partial charge in [-0.05, 0) is 43.5 Å². The number of ether oxygens (including phenoxy) is 2. The third-order valence-corrected chi connectivity index (χ3v) is 6.28. The Morgan fingerprint density at radius 2 is 1.94 bits per heavy atom. The molecule has 1 amide bonds. The number of pyridine rings is 1. The SMILES string of the molecule is COCCC(=O)N1CCN(c2nc(C3CC3)c(-c3ccc(OC(F)(F)F)cc3)cc2C#N)CC1C. The average Bonchev–Trinajstić information content (AvgIpc) is 3.66. The van der Waals surface area contributed by atoms with Gasteiger partial charge in [-0.1, -0.05) is 12.1 Å². The van der Waals surface area contributed by atoms with Crippen molar-refractivity contribution < 1.29 is 27.4 Å². The Kier molecular flexibility index (Phi) is 7.17. The molecule has 186 valence electrons. The molecule has 1 saturated carbocycles. The van der Waals surface area contributed by atoms with Crippen LogP contribution in [0.5, 0.6) is 5.75 Å². The van der Waals surface area contributed by atoms with E-state index in [0.717, 1.165) is 24.1 Å². The van der Waals surface area contributed by atoms with Gasteiger partial charge in [-0.3, -0.25) is 4.79 Å². The largest absolute Gasteiger partial charge is 0.573 e. The molecule has 2 aromatic rings. The summed E-state index contributed by atoms with van der Waals surface area (Å²) in [6, 6.07) is 9.59. The predicted octanol–water partition coefficient (Wildman–Crippen LogP) is 4.47. The number of alkyl halides is 3. The van der Waals surface area contributed by atoms with E-state index in [0.29, 0.717) is 49.6 Å². The number of halogens is 3. The maximum absolute atomic E-state index is 12.5. The van der Waals surface area contributed by atoms with Gasteiger partial charge in [-0.15, -0.1) is 13.2 Å². The first kappa shape index (κ1) is 24.8. The normalized spacial score (nSPS) is 18.3. The Morgan fingerprint density at radius 3 is 2.51 bits per heavy atom. The van der Waals surface area contributed by atoms with Crippen LogP contribution in [-0.4, -0.2) is 61.5 Å². The van der Waals surface area contributed by atoms with Gasteiger partial charge in [0.1, 0.15) is 17.6 Å². The van der Waals surface area contributed by atoms with Crippen LogP contribution < -0.4 is 9.64 Å². The summed E-state index contributed by atoms with van der Waals surface area (Å²) in [7, 11) is 1.57. The molecule has 4 rings (SSSR count). The zero-order valence-electron chi connectivity index (χ0n) is 19.6. The number of benzene rings is 1. The molecule has 1 aliphatic heterocycles. The van der Waals surface area contributed by atoms with Gasteiger partial charge < -0.3 is 19.3 Å². The molecule has 1 unspecified atom stereocenters. The summed E-state index contributed by atoms with van der Waals surface area (Å²) in [4.78, 5) is 21.3. The topological polar surface area (TPSA) is 78.7 Å². The molecule has 0 radical (unpaired) electrons. The molecular weight excluding hydrogens is 461 g/mol. The Hall–Kier alpha value is -3.32. The molecule has 1 aliphatic carbocycles. The number of nitrogens with zero attached hydrogens (tertiary/aromatic N) is 4. The number of anilines is 1. The lowest BCUT2D eigenvalue weighted by Crippen LogP contribution is -2.54. The van der Waals surface area contributed by atoms with E-state index in [1.54, 1.807) is 25.3 Å². The van der Waals surface area contributed by atoms with E-state index in [9.17, 15) is 23.2 Å². The smallest absolute Gasteiger partial charge is 0.406 e. The molecule has 2 aliphatic rings. The summed E-state index contributed by atoms with van der Waals surface area (Å²) in [5.41, 5.74) is 2.66. The van der Waals surface area contributed by atoms with E-state index in [1.165, 1.54) is 12.1 Å². The molecular formula is C25H27F3N4O3. The molecule has 7 nitrogen and oxygen atoms in total. The second kappa shape index (κ2) is 10.1. The molecule has 1 saturated heterocycles. The zero-order valence-corrected chi connectivity index (χ0v) is 19.6. The summed E-state index contributed by atoms with van der Waals surface area (Å²) in [5.74, 6) is 0.577. The van der Waals surface area contributed by atoms with Gasteiger partial charge in [0.05, 0.1) is 24.3 Å². The fraction of sp³-hybridized carbons (Fsp3) is 0.480. The molecule has 2 heterocycles. The summed E-state index contributed by atoms with van der Waals surface area (Å²) in [5, 5.41) is 9.90. The highest BCUT2D eigenvalue weighted by atomic mass is 19.4. The van der Waals surface area contributed by atoms with E-state index in [2.05, 4.69) is 10.8 Å². The van der Waals surface area contributed by atoms with Crippen molar-refractivity contribution in [2.45, 2.75) is 44.5 Å². The first-order valence-corrected chi connectivity index (χ1v) is 11.5. The number of nitriles is 1. The van der Waals surface area contributed by atoms with E-state index in [-0.39, 0.29) is 23.6 Å². The van der Waals surface area contributed by atoms with Crippen LogP contribution in [0.25, 0.3) is 11.1 Å². The van der Waals surface area contributed by atoms with Gasteiger partial charge in [0.2, 0.25) is 5.91 Å². The molecule has 0 bridgehead atoms. The Bertz CT molecular complexity index is 1110. The van der Waals surface area contributed by atoms with Crippen molar-refractivity contribution >= 4 is 11.7 Å². The number of amides is 1. The summed E-state index contributed by atoms with van der Waals surface area (Å²) in [6.45, 7) is 3.98. The van der Waals surface area contributed by atoms with Crippen LogP contribution in [0, 0.1) is 11.3 Å². The van der Waals surface area contributed by atoms with Crippen LogP contribution in [0.1, 0.15) is 43.4 Å². The highest BCUT2D eigenvalue weighted by molar-refractivity contribution is 5.77. The number of hydrogen-bond donors (Lipinski definition) is 0. The number of piperazine rings is 1. The third kappa shape index (κ3) is 5.85. The molecule has 35 heavy (non-hydrogen) atoms. The van der Waals surface area contributed by atoms with Crippen LogP contribution in [0.2, 0.25) is 0 Å². The number of aromatic nitrogens is 1. The van der Waals surface area contributed by atoms with Crippen LogP contribution >= 0.6 is 0 Å². The summed E-state index contributed by atoms with van der Waals surface area (Å²) < 4.78 is 46.5. The van der Waals surface area contributed by atoms with Crippen molar-refractivity contribution in [1.29, 1.82) is 5.26 Å². The monoisotopic (exact) mass is 488 g/mol. The minimum absolute atomic E-state index is 0.0411. The van der Waals surface area contributed by atoms with E-state index in [1.807, 2.05) is 16.7 Å². The van der Waals surface area contributed by atoms with Crippen molar-refractivity contribution in [3.8, 4) is 22.9 Å². The number of methoxy groups -OCH3 is 1. The van der Waals surface area contributed by atoms with Gasteiger partial charge in [0.15, 0.2) is 0 Å². The molecule has 10 heteroatoms. The fourth-order valence-electron chi connectivity index (χ4n) is 4.43. The van der Waals surface area contributed by atoms with Gasteiger partial charge in [0, 0.05) is 44.3 Å². The van der Waals surface area contributed by atoms with Crippen molar-refractivity contribution in [3.05, 3.63) is 41.6 Å². The molecule has 1 aromatic carbocycles. The van der Waals surface area contributed by atoms with Crippen LogP contribution in [0.15, 0.2) is 30.3 Å². The summed E-state index contributed by atoms with van der Waals surface area (Å²) >= 11 is 0. The van der Waals surface area contributed by atoms with Gasteiger partial charge >= 0.3 is 6.36 Å². The van der Waals surface area contributed by atoms with Crippen molar-refractivity contribution in [3.63, 3.8) is 0 Å². The molecule has 1 aromatic heterocycles. The Balaban J connectivity index is 1.60. The number of hydrogen-bond acceptors (Lipinski definition) is 6. The summed E-state index contributed by atoms with van der Waals surface area (Å²) in [6.07, 6.45) is -2.49. The number of rotatable bonds is 7. The third-order valence-electron chi connectivity index (χ3n) is 6.28. The number of carbonyl (C=O) groups is 1. The first-order chi connectivity index (χ1) is 16.7. The van der Waals surface area contributed by atoms with Crippen molar-refractivity contribution in [2.24, 2.45) is 0 Å². The van der Waals surface area contributed by atoms with Gasteiger partial charge in [0.25, 0.3) is 0 Å². The highest BCUT2D eigenvalue weighted by Crippen LogP contribution is 2.45. The lowest BCUT2D eigenvalue weighted by atomic mass is 9.99. The van der Waals surface area contributed by atoms with Crippen molar-refractivity contribution in [1.82, 2.24) is 9.88 Å². The Labute approximate surface area is 202 Å². The molecule has 1 atom stereocenters. The second-order valence-electron chi connectivity index (χ2n) is 8.88. The lowest BCUT2D eigenvalue weighted by Gasteiger charge is -2.41. The zero-order chi connectivity index (χ0) is 25.2. The average molecular weight is 489 g/mol. The molecule has 0 spiro atoms. The Morgan fingerprint density at radius 1 is 1.23 bits per heavy atom. The maximum Gasteiger partial charge on any atom is 0.573 e. The predicted molar refractivity (Wildman–Crippen MR) is 123 cm³/mol. The van der Waals surface area contributed by atoms with Crippen LogP contribution in [-0.2, 0) is 9.53 Å². The van der Waals surface area contributed by atoms with E-state index >= 15 is 0 Å². The number of carbonyl (C=O) groups excluding carboxylic acids is 1. The fourth-order valence-corrected chi connectivity index (χ4v) is 4.43. The highest BCUT2D eigenvalue weighted by Gasteiger charge is 2.34. The quantitative estimate of drug-likeness (QED) is 0.572. The van der Waals surface area contributed by atoms with E-state index in [4.69, 9.17) is 9.72 Å². The van der Waals surface area contributed by atoms with Gasteiger partial charge in [-0.25, -0.2) is 4.98 Å². The molecule has 0 N–H and O–H groups in total. The maximum atomic E-state index is 12.5. The molecule has 2 fully saturated rings. The minimum atomic E-state index is -4.76. The standard InChI is InChI=1S/C25H27F3N4O3/c1-16-15-31(10-11-32(16)22(33)9-12-34-2)24-19(14-29)13-21(23(30-24)18-3-4-18)17-5-7-20(8-6-17)35-25(26,27)28/h5-8,13,16,18H,3-4,9-12,15H2,1-2H3.